The maximum Gasteiger partial charge on any atom is 0.326 e. The zero-order valence-electron chi connectivity index (χ0n) is 16.5. The lowest BCUT2D eigenvalue weighted by atomic mass is 10.2. The molecule has 0 aromatic carbocycles. The summed E-state index contributed by atoms with van der Waals surface area (Å²) in [6, 6.07) is 0.662. The Balaban J connectivity index is 0.00000576. The van der Waals surface area contributed by atoms with Gasteiger partial charge >= 0.3 is 6.03 Å². The Bertz CT molecular complexity index is 547. The van der Waals surface area contributed by atoms with E-state index in [-0.39, 0.29) is 18.4 Å². The second kappa shape index (κ2) is 10.1. The number of carbonyl (C=O) groups is 1. The highest BCUT2D eigenvalue weighted by molar-refractivity contribution is 6.31. The first-order chi connectivity index (χ1) is 11.1. The Morgan fingerprint density at radius 2 is 1.44 bits per heavy atom. The topological polar surface area (TPSA) is 52.6 Å². The lowest BCUT2D eigenvalue weighted by Crippen LogP contribution is -2.47. The van der Waals surface area contributed by atoms with Crippen LogP contribution < -0.4 is 4.90 Å². The molecule has 1 rings (SSSR count). The fourth-order valence-electron chi connectivity index (χ4n) is 2.66. The Labute approximate surface area is 163 Å². The normalized spacial score (nSPS) is 11.0. The third-order valence-corrected chi connectivity index (χ3v) is 4.48. The van der Waals surface area contributed by atoms with Gasteiger partial charge in [0.15, 0.2) is 0 Å². The minimum absolute atomic E-state index is 0. The Hall–Kier alpha value is -1.11. The second-order valence-corrected chi connectivity index (χ2v) is 7.14. The fraction of sp³-hybridized carbons (Fsp3) is 0.706. The van der Waals surface area contributed by atoms with Crippen LogP contribution in [-0.4, -0.2) is 65.1 Å². The smallest absolute Gasteiger partial charge is 0.326 e. The molecule has 0 aliphatic heterocycles. The van der Waals surface area contributed by atoms with Crippen molar-refractivity contribution in [3.8, 4) is 0 Å². The summed E-state index contributed by atoms with van der Waals surface area (Å²) in [5, 5.41) is 0.544. The first-order valence-electron chi connectivity index (χ1n) is 8.31. The maximum absolute atomic E-state index is 12.6. The molecular formula is C17H31Cl2N5O. The van der Waals surface area contributed by atoms with Crippen LogP contribution in [0.1, 0.15) is 39.1 Å². The molecule has 0 saturated carbocycles. The van der Waals surface area contributed by atoms with E-state index >= 15 is 0 Å². The van der Waals surface area contributed by atoms with Crippen molar-refractivity contribution < 1.29 is 4.79 Å². The summed E-state index contributed by atoms with van der Waals surface area (Å²) in [4.78, 5) is 27.0. The average Bonchev–Trinajstić information content (AvgIpc) is 2.47. The number of amides is 2. The largest absolute Gasteiger partial charge is 0.330 e. The predicted octanol–water partition coefficient (Wildman–Crippen LogP) is 3.78. The van der Waals surface area contributed by atoms with Crippen LogP contribution in [0.15, 0.2) is 0 Å². The second-order valence-electron chi connectivity index (χ2n) is 6.76. The van der Waals surface area contributed by atoms with Crippen molar-refractivity contribution in [2.45, 2.75) is 53.6 Å². The molecule has 0 saturated heterocycles. The van der Waals surface area contributed by atoms with E-state index in [1.165, 1.54) is 4.90 Å². The SMILES string of the molecule is Cc1nc(N(CCN(C(C)C)C(C)C)C(=O)N(C)C)nc(C)c1Cl.Cl. The number of rotatable bonds is 6. The molecule has 1 aromatic rings. The Morgan fingerprint density at radius 1 is 1.00 bits per heavy atom. The summed E-state index contributed by atoms with van der Waals surface area (Å²) < 4.78 is 0. The van der Waals surface area contributed by atoms with Crippen LogP contribution in [0.3, 0.4) is 0 Å². The number of aryl methyl sites for hydroxylation is 2. The van der Waals surface area contributed by atoms with Gasteiger partial charge in [0.2, 0.25) is 5.95 Å². The quantitative estimate of drug-likeness (QED) is 0.740. The van der Waals surface area contributed by atoms with Gasteiger partial charge in [-0.05, 0) is 41.5 Å². The van der Waals surface area contributed by atoms with E-state index in [4.69, 9.17) is 11.6 Å². The Kier molecular flexibility index (Phi) is 9.69. The van der Waals surface area contributed by atoms with Gasteiger partial charge in [-0.25, -0.2) is 14.8 Å². The molecule has 0 aliphatic rings. The number of hydrogen-bond donors (Lipinski definition) is 0. The molecule has 1 aromatic heterocycles. The zero-order valence-corrected chi connectivity index (χ0v) is 18.1. The molecule has 0 unspecified atom stereocenters. The number of aromatic nitrogens is 2. The maximum atomic E-state index is 12.6. The lowest BCUT2D eigenvalue weighted by Gasteiger charge is -2.33. The molecule has 144 valence electrons. The number of anilines is 1. The van der Waals surface area contributed by atoms with Crippen molar-refractivity contribution in [2.24, 2.45) is 0 Å². The zero-order chi connectivity index (χ0) is 18.6. The summed E-state index contributed by atoms with van der Waals surface area (Å²) in [6.45, 7) is 13.6. The molecule has 0 atom stereocenters. The summed E-state index contributed by atoms with van der Waals surface area (Å²) in [6.07, 6.45) is 0. The standard InChI is InChI=1S/C17H30ClN5O.ClH/c1-11(2)22(12(3)4)9-10-23(17(24)21(7)8)16-19-13(5)15(18)14(6)20-16;/h11-12H,9-10H2,1-8H3;1H. The van der Waals surface area contributed by atoms with Gasteiger partial charge in [0.05, 0.1) is 16.4 Å². The van der Waals surface area contributed by atoms with Crippen molar-refractivity contribution in [3.63, 3.8) is 0 Å². The molecule has 25 heavy (non-hydrogen) atoms. The molecule has 1 heterocycles. The van der Waals surface area contributed by atoms with Crippen molar-refractivity contribution >= 4 is 36.0 Å². The molecule has 0 N–H and O–H groups in total. The average molecular weight is 392 g/mol. The molecular weight excluding hydrogens is 361 g/mol. The highest BCUT2D eigenvalue weighted by Crippen LogP contribution is 2.21. The summed E-state index contributed by atoms with van der Waals surface area (Å²) in [5.74, 6) is 0.403. The molecule has 2 amide bonds. The van der Waals surface area contributed by atoms with Crippen molar-refractivity contribution in [1.29, 1.82) is 0 Å². The molecule has 0 radical (unpaired) electrons. The molecule has 6 nitrogen and oxygen atoms in total. The van der Waals surface area contributed by atoms with Crippen molar-refractivity contribution in [3.05, 3.63) is 16.4 Å². The van der Waals surface area contributed by atoms with Crippen LogP contribution in [0.4, 0.5) is 10.7 Å². The number of nitrogens with zero attached hydrogens (tertiary/aromatic N) is 5. The van der Waals surface area contributed by atoms with Crippen LogP contribution in [0.5, 0.6) is 0 Å². The van der Waals surface area contributed by atoms with E-state index in [2.05, 4.69) is 42.6 Å². The fourth-order valence-corrected chi connectivity index (χ4v) is 2.74. The number of hydrogen-bond acceptors (Lipinski definition) is 4. The van der Waals surface area contributed by atoms with E-state index in [1.54, 1.807) is 19.0 Å². The van der Waals surface area contributed by atoms with Gasteiger partial charge in [-0.3, -0.25) is 9.80 Å². The highest BCUT2D eigenvalue weighted by Gasteiger charge is 2.24. The minimum atomic E-state index is -0.136. The van der Waals surface area contributed by atoms with E-state index in [9.17, 15) is 4.79 Å². The third kappa shape index (κ3) is 6.28. The van der Waals surface area contributed by atoms with Gasteiger partial charge in [-0.2, -0.15) is 0 Å². The van der Waals surface area contributed by atoms with E-state index in [1.807, 2.05) is 13.8 Å². The van der Waals surface area contributed by atoms with Gasteiger partial charge in [0.25, 0.3) is 0 Å². The van der Waals surface area contributed by atoms with Gasteiger partial charge in [-0.15, -0.1) is 12.4 Å². The van der Waals surface area contributed by atoms with Gasteiger partial charge in [-0.1, -0.05) is 11.6 Å². The van der Waals surface area contributed by atoms with Gasteiger partial charge in [0.1, 0.15) is 0 Å². The first-order valence-corrected chi connectivity index (χ1v) is 8.69. The van der Waals surface area contributed by atoms with Crippen LogP contribution in [0, 0.1) is 13.8 Å². The number of carbonyl (C=O) groups excluding carboxylic acids is 1. The molecule has 0 fully saturated rings. The van der Waals surface area contributed by atoms with Crippen molar-refractivity contribution in [2.75, 3.05) is 32.1 Å². The lowest BCUT2D eigenvalue weighted by molar-refractivity contribution is 0.177. The van der Waals surface area contributed by atoms with Crippen LogP contribution in [0.25, 0.3) is 0 Å². The molecule has 0 spiro atoms. The van der Waals surface area contributed by atoms with Crippen LogP contribution in [0.2, 0.25) is 5.02 Å². The van der Waals surface area contributed by atoms with Gasteiger partial charge in [0, 0.05) is 39.3 Å². The van der Waals surface area contributed by atoms with Gasteiger partial charge < -0.3 is 4.90 Å². The highest BCUT2D eigenvalue weighted by atomic mass is 35.5. The monoisotopic (exact) mass is 391 g/mol. The minimum Gasteiger partial charge on any atom is -0.330 e. The predicted molar refractivity (Wildman–Crippen MR) is 107 cm³/mol. The van der Waals surface area contributed by atoms with E-state index < -0.39 is 0 Å². The van der Waals surface area contributed by atoms with Crippen LogP contribution in [-0.2, 0) is 0 Å². The first kappa shape index (κ1) is 23.9. The molecule has 0 bridgehead atoms. The van der Waals surface area contributed by atoms with E-state index in [0.717, 1.165) is 6.54 Å². The number of halogens is 2. The molecule has 8 heteroatoms. The van der Waals surface area contributed by atoms with E-state index in [0.29, 0.717) is 41.0 Å². The molecule has 0 aliphatic carbocycles. The summed E-state index contributed by atoms with van der Waals surface area (Å²) >= 11 is 6.16. The summed E-state index contributed by atoms with van der Waals surface area (Å²) in [7, 11) is 3.46. The summed E-state index contributed by atoms with van der Waals surface area (Å²) in [5.41, 5.74) is 1.36. The third-order valence-electron chi connectivity index (χ3n) is 3.93. The Morgan fingerprint density at radius 3 is 1.80 bits per heavy atom. The number of urea groups is 1. The van der Waals surface area contributed by atoms with Crippen LogP contribution >= 0.6 is 24.0 Å². The van der Waals surface area contributed by atoms with Crippen molar-refractivity contribution in [1.82, 2.24) is 19.8 Å².